The van der Waals surface area contributed by atoms with Crippen molar-refractivity contribution in [1.82, 2.24) is 0 Å². The maximum atomic E-state index is 13.2. The summed E-state index contributed by atoms with van der Waals surface area (Å²) in [4.78, 5) is 0. The van der Waals surface area contributed by atoms with Crippen molar-refractivity contribution in [3.05, 3.63) is 26.0 Å². The first-order chi connectivity index (χ1) is 6.15. The van der Waals surface area contributed by atoms with E-state index in [0.29, 0.717) is 4.47 Å². The molecule has 1 aromatic rings. The molecule has 0 fully saturated rings. The molecule has 2 nitrogen and oxygen atoms in total. The first-order valence-corrected chi connectivity index (χ1v) is 5.40. The normalized spacial score (nSPS) is 10.2. The Morgan fingerprint density at radius 1 is 1.54 bits per heavy atom. The van der Waals surface area contributed by atoms with E-state index in [1.165, 1.54) is 6.07 Å². The van der Waals surface area contributed by atoms with Crippen molar-refractivity contribution in [2.45, 2.75) is 0 Å². The van der Waals surface area contributed by atoms with Gasteiger partial charge >= 0.3 is 0 Å². The van der Waals surface area contributed by atoms with Crippen LogP contribution in [0.2, 0.25) is 0 Å². The van der Waals surface area contributed by atoms with Crippen LogP contribution in [0.15, 0.2) is 16.6 Å². The third-order valence-corrected chi connectivity index (χ3v) is 2.51. The van der Waals surface area contributed by atoms with Crippen LogP contribution in [-0.4, -0.2) is 18.3 Å². The van der Waals surface area contributed by atoms with Gasteiger partial charge in [0.2, 0.25) is 0 Å². The number of hydrogen-bond acceptors (Lipinski definition) is 2. The number of halogens is 3. The van der Waals surface area contributed by atoms with E-state index in [1.807, 2.05) is 22.6 Å². The van der Waals surface area contributed by atoms with Gasteiger partial charge in [-0.05, 0) is 50.7 Å². The number of benzene rings is 1. The molecule has 0 aliphatic heterocycles. The molecule has 0 saturated heterocycles. The minimum absolute atomic E-state index is 0.0934. The number of hydrogen-bond donors (Lipinski definition) is 1. The lowest BCUT2D eigenvalue weighted by Gasteiger charge is -2.07. The SMILES string of the molecule is OCCOc1c(F)cc(I)cc1Br. The highest BCUT2D eigenvalue weighted by molar-refractivity contribution is 14.1. The van der Waals surface area contributed by atoms with Gasteiger partial charge in [0.25, 0.3) is 0 Å². The number of rotatable bonds is 3. The van der Waals surface area contributed by atoms with E-state index in [-0.39, 0.29) is 19.0 Å². The fourth-order valence-electron chi connectivity index (χ4n) is 0.815. The van der Waals surface area contributed by atoms with Gasteiger partial charge in [-0.3, -0.25) is 0 Å². The van der Waals surface area contributed by atoms with Gasteiger partial charge in [-0.1, -0.05) is 0 Å². The maximum Gasteiger partial charge on any atom is 0.169 e. The van der Waals surface area contributed by atoms with Crippen LogP contribution in [0.25, 0.3) is 0 Å². The zero-order valence-electron chi connectivity index (χ0n) is 6.56. The topological polar surface area (TPSA) is 29.5 Å². The standard InChI is InChI=1S/C8H7BrFIO2/c9-6-3-5(11)4-7(10)8(6)13-2-1-12/h3-4,12H,1-2H2. The first-order valence-electron chi connectivity index (χ1n) is 3.53. The van der Waals surface area contributed by atoms with Crippen LogP contribution in [0.3, 0.4) is 0 Å². The van der Waals surface area contributed by atoms with E-state index < -0.39 is 5.82 Å². The van der Waals surface area contributed by atoms with Gasteiger partial charge in [0.15, 0.2) is 11.6 Å². The van der Waals surface area contributed by atoms with Crippen molar-refractivity contribution < 1.29 is 14.2 Å². The summed E-state index contributed by atoms with van der Waals surface area (Å²) in [5.74, 6) is -0.276. The van der Waals surface area contributed by atoms with Crippen molar-refractivity contribution in [3.63, 3.8) is 0 Å². The maximum absolute atomic E-state index is 13.2. The second-order valence-corrected chi connectivity index (χ2v) is 4.37. The van der Waals surface area contributed by atoms with Crippen molar-refractivity contribution >= 4 is 38.5 Å². The molecule has 1 rings (SSSR count). The van der Waals surface area contributed by atoms with Gasteiger partial charge in [-0.2, -0.15) is 0 Å². The first kappa shape index (κ1) is 11.2. The molecule has 13 heavy (non-hydrogen) atoms. The Balaban J connectivity index is 2.92. The van der Waals surface area contributed by atoms with Crippen LogP contribution in [0.5, 0.6) is 5.75 Å². The highest BCUT2D eigenvalue weighted by Crippen LogP contribution is 2.30. The Morgan fingerprint density at radius 2 is 2.23 bits per heavy atom. The molecule has 0 aliphatic carbocycles. The zero-order valence-corrected chi connectivity index (χ0v) is 10.3. The minimum Gasteiger partial charge on any atom is -0.487 e. The number of aliphatic hydroxyl groups excluding tert-OH is 1. The predicted molar refractivity (Wildman–Crippen MR) is 59.4 cm³/mol. The molecular formula is C8H7BrFIO2. The zero-order chi connectivity index (χ0) is 9.84. The van der Waals surface area contributed by atoms with E-state index in [4.69, 9.17) is 9.84 Å². The van der Waals surface area contributed by atoms with Crippen molar-refractivity contribution in [2.24, 2.45) is 0 Å². The lowest BCUT2D eigenvalue weighted by molar-refractivity contribution is 0.195. The molecule has 1 N–H and O–H groups in total. The average molecular weight is 361 g/mol. The number of aliphatic hydroxyl groups is 1. The van der Waals surface area contributed by atoms with Gasteiger partial charge in [0.1, 0.15) is 6.61 Å². The second kappa shape index (κ2) is 5.11. The Bertz CT molecular complexity index is 283. The lowest BCUT2D eigenvalue weighted by Crippen LogP contribution is -2.03. The van der Waals surface area contributed by atoms with Crippen LogP contribution in [-0.2, 0) is 0 Å². The minimum atomic E-state index is -0.424. The smallest absolute Gasteiger partial charge is 0.169 e. The molecule has 5 heteroatoms. The van der Waals surface area contributed by atoms with Gasteiger partial charge in [-0.15, -0.1) is 0 Å². The Kier molecular flexibility index (Phi) is 4.40. The monoisotopic (exact) mass is 360 g/mol. The Hall–Kier alpha value is 0.120. The molecule has 0 radical (unpaired) electrons. The van der Waals surface area contributed by atoms with E-state index in [2.05, 4.69) is 15.9 Å². The molecule has 0 spiro atoms. The number of ether oxygens (including phenoxy) is 1. The lowest BCUT2D eigenvalue weighted by atomic mass is 10.3. The van der Waals surface area contributed by atoms with Crippen LogP contribution in [0.1, 0.15) is 0 Å². The van der Waals surface area contributed by atoms with Crippen LogP contribution < -0.4 is 4.74 Å². The molecule has 0 amide bonds. The van der Waals surface area contributed by atoms with E-state index >= 15 is 0 Å². The summed E-state index contributed by atoms with van der Waals surface area (Å²) in [6, 6.07) is 3.12. The molecule has 72 valence electrons. The fraction of sp³-hybridized carbons (Fsp3) is 0.250. The summed E-state index contributed by atoms with van der Waals surface area (Å²) in [6.45, 7) is -0.0338. The molecule has 0 aromatic heterocycles. The molecule has 0 aliphatic rings. The molecule has 1 aromatic carbocycles. The fourth-order valence-corrected chi connectivity index (χ4v) is 2.38. The summed E-state index contributed by atoms with van der Waals surface area (Å²) in [5, 5.41) is 8.50. The van der Waals surface area contributed by atoms with Crippen LogP contribution in [0.4, 0.5) is 4.39 Å². The van der Waals surface area contributed by atoms with Crippen molar-refractivity contribution in [2.75, 3.05) is 13.2 Å². The summed E-state index contributed by atoms with van der Waals surface area (Å²) < 4.78 is 19.5. The summed E-state index contributed by atoms with van der Waals surface area (Å²) in [6.07, 6.45) is 0. The molecule has 0 unspecified atom stereocenters. The molecule has 0 bridgehead atoms. The molecule has 0 heterocycles. The second-order valence-electron chi connectivity index (χ2n) is 2.27. The third-order valence-electron chi connectivity index (χ3n) is 1.30. The van der Waals surface area contributed by atoms with Crippen molar-refractivity contribution in [1.29, 1.82) is 0 Å². The third kappa shape index (κ3) is 3.07. The Morgan fingerprint density at radius 3 is 2.77 bits per heavy atom. The average Bonchev–Trinajstić information content (AvgIpc) is 2.02. The highest BCUT2D eigenvalue weighted by atomic mass is 127. The van der Waals surface area contributed by atoms with E-state index in [9.17, 15) is 4.39 Å². The van der Waals surface area contributed by atoms with E-state index in [1.54, 1.807) is 6.07 Å². The molecular weight excluding hydrogens is 354 g/mol. The van der Waals surface area contributed by atoms with Gasteiger partial charge < -0.3 is 9.84 Å². The molecule has 0 atom stereocenters. The summed E-state index contributed by atoms with van der Waals surface area (Å²) in [7, 11) is 0. The van der Waals surface area contributed by atoms with Gasteiger partial charge in [0.05, 0.1) is 11.1 Å². The van der Waals surface area contributed by atoms with Crippen LogP contribution >= 0.6 is 38.5 Å². The summed E-state index contributed by atoms with van der Waals surface area (Å²) >= 11 is 5.19. The quantitative estimate of drug-likeness (QED) is 0.839. The van der Waals surface area contributed by atoms with Gasteiger partial charge in [0, 0.05) is 3.57 Å². The van der Waals surface area contributed by atoms with E-state index in [0.717, 1.165) is 3.57 Å². The predicted octanol–water partition coefficient (Wildman–Crippen LogP) is 2.56. The molecule has 0 saturated carbocycles. The largest absolute Gasteiger partial charge is 0.487 e. The van der Waals surface area contributed by atoms with Crippen LogP contribution in [0, 0.1) is 9.39 Å². The van der Waals surface area contributed by atoms with Crippen molar-refractivity contribution in [3.8, 4) is 5.75 Å². The Labute approximate surface area is 97.4 Å². The summed E-state index contributed by atoms with van der Waals surface area (Å²) in [5.41, 5.74) is 0. The highest BCUT2D eigenvalue weighted by Gasteiger charge is 2.09. The van der Waals surface area contributed by atoms with Gasteiger partial charge in [-0.25, -0.2) is 4.39 Å².